The molecule has 0 heterocycles. The third-order valence-electron chi connectivity index (χ3n) is 4.26. The standard InChI is InChI=1S/C24H19N/c1-3-10-19(11-4-1)21-14-9-15-22(18-21)25-24-17-8-7-16-23(24)20-12-5-2-6-13-20/h1-18,25H. The molecule has 0 saturated carbocycles. The molecule has 0 aliphatic rings. The SMILES string of the molecule is c1ccc(-c2cccc(Nc3ccccc3-c3ccccc3)c2)cc1. The molecule has 4 aromatic carbocycles. The van der Waals surface area contributed by atoms with E-state index in [0.29, 0.717) is 0 Å². The fourth-order valence-electron chi connectivity index (χ4n) is 3.02. The summed E-state index contributed by atoms with van der Waals surface area (Å²) >= 11 is 0. The summed E-state index contributed by atoms with van der Waals surface area (Å²) in [5.41, 5.74) is 7.05. The second-order valence-electron chi connectivity index (χ2n) is 5.98. The quantitative estimate of drug-likeness (QED) is 0.437. The Morgan fingerprint density at radius 3 is 1.80 bits per heavy atom. The van der Waals surface area contributed by atoms with Crippen LogP contribution in [0.2, 0.25) is 0 Å². The Kier molecular flexibility index (Phi) is 4.30. The number of hydrogen-bond acceptors (Lipinski definition) is 1. The molecule has 0 aliphatic carbocycles. The Hall–Kier alpha value is -3.32. The Bertz CT molecular complexity index is 959. The minimum Gasteiger partial charge on any atom is -0.355 e. The zero-order valence-corrected chi connectivity index (χ0v) is 13.9. The maximum Gasteiger partial charge on any atom is 0.0463 e. The van der Waals surface area contributed by atoms with Crippen LogP contribution >= 0.6 is 0 Å². The van der Waals surface area contributed by atoms with Crippen molar-refractivity contribution >= 4 is 11.4 Å². The molecule has 4 aromatic rings. The van der Waals surface area contributed by atoms with E-state index in [1.165, 1.54) is 22.3 Å². The maximum absolute atomic E-state index is 3.58. The van der Waals surface area contributed by atoms with Crippen molar-refractivity contribution in [2.45, 2.75) is 0 Å². The van der Waals surface area contributed by atoms with Crippen LogP contribution in [0.5, 0.6) is 0 Å². The van der Waals surface area contributed by atoms with Crippen molar-refractivity contribution in [3.63, 3.8) is 0 Å². The Morgan fingerprint density at radius 2 is 1.04 bits per heavy atom. The van der Waals surface area contributed by atoms with Gasteiger partial charge >= 0.3 is 0 Å². The predicted octanol–water partition coefficient (Wildman–Crippen LogP) is 6.76. The van der Waals surface area contributed by atoms with Crippen LogP contribution in [0.1, 0.15) is 0 Å². The fourth-order valence-corrected chi connectivity index (χ4v) is 3.02. The van der Waals surface area contributed by atoms with Crippen molar-refractivity contribution < 1.29 is 0 Å². The van der Waals surface area contributed by atoms with Crippen molar-refractivity contribution in [2.75, 3.05) is 5.32 Å². The lowest BCUT2D eigenvalue weighted by atomic mass is 10.0. The Morgan fingerprint density at radius 1 is 0.440 bits per heavy atom. The molecule has 0 amide bonds. The normalized spacial score (nSPS) is 10.4. The van der Waals surface area contributed by atoms with E-state index in [9.17, 15) is 0 Å². The topological polar surface area (TPSA) is 12.0 Å². The molecule has 0 saturated heterocycles. The van der Waals surface area contributed by atoms with E-state index in [1.807, 2.05) is 12.1 Å². The summed E-state index contributed by atoms with van der Waals surface area (Å²) in [6, 6.07) is 37.9. The monoisotopic (exact) mass is 321 g/mol. The number of benzene rings is 4. The third kappa shape index (κ3) is 3.46. The molecule has 0 aromatic heterocycles. The first-order valence-corrected chi connectivity index (χ1v) is 8.47. The molecule has 4 rings (SSSR count). The zero-order valence-electron chi connectivity index (χ0n) is 13.9. The lowest BCUT2D eigenvalue weighted by Gasteiger charge is -2.13. The van der Waals surface area contributed by atoms with E-state index >= 15 is 0 Å². The van der Waals surface area contributed by atoms with Gasteiger partial charge in [-0.05, 0) is 34.9 Å². The summed E-state index contributed by atoms with van der Waals surface area (Å²) in [6.07, 6.45) is 0. The molecular weight excluding hydrogens is 302 g/mol. The van der Waals surface area contributed by atoms with Gasteiger partial charge < -0.3 is 5.32 Å². The van der Waals surface area contributed by atoms with Gasteiger partial charge in [0.25, 0.3) is 0 Å². The van der Waals surface area contributed by atoms with Crippen molar-refractivity contribution in [1.82, 2.24) is 0 Å². The smallest absolute Gasteiger partial charge is 0.0463 e. The second-order valence-corrected chi connectivity index (χ2v) is 5.98. The zero-order chi connectivity index (χ0) is 16.9. The van der Waals surface area contributed by atoms with Crippen molar-refractivity contribution in [3.8, 4) is 22.3 Å². The van der Waals surface area contributed by atoms with Gasteiger partial charge in [-0.2, -0.15) is 0 Å². The van der Waals surface area contributed by atoms with E-state index < -0.39 is 0 Å². The molecule has 1 nitrogen and oxygen atoms in total. The molecule has 0 unspecified atom stereocenters. The summed E-state index contributed by atoms with van der Waals surface area (Å²) in [5.74, 6) is 0. The van der Waals surface area contributed by atoms with E-state index in [2.05, 4.69) is 102 Å². The highest BCUT2D eigenvalue weighted by atomic mass is 14.9. The Labute approximate surface area is 148 Å². The second kappa shape index (κ2) is 7.06. The molecule has 1 heteroatoms. The van der Waals surface area contributed by atoms with Crippen molar-refractivity contribution in [2.24, 2.45) is 0 Å². The van der Waals surface area contributed by atoms with E-state index in [1.54, 1.807) is 0 Å². The number of rotatable bonds is 4. The van der Waals surface area contributed by atoms with Crippen LogP contribution in [0.15, 0.2) is 109 Å². The first-order valence-electron chi connectivity index (χ1n) is 8.47. The van der Waals surface area contributed by atoms with Crippen LogP contribution in [0, 0.1) is 0 Å². The number of para-hydroxylation sites is 1. The fraction of sp³-hybridized carbons (Fsp3) is 0. The largest absolute Gasteiger partial charge is 0.355 e. The van der Waals surface area contributed by atoms with Gasteiger partial charge in [-0.25, -0.2) is 0 Å². The maximum atomic E-state index is 3.58. The highest BCUT2D eigenvalue weighted by Crippen LogP contribution is 2.31. The lowest BCUT2D eigenvalue weighted by molar-refractivity contribution is 1.52. The first kappa shape index (κ1) is 15.2. The van der Waals surface area contributed by atoms with Gasteiger partial charge in [0.05, 0.1) is 0 Å². The number of nitrogens with one attached hydrogen (secondary N) is 1. The van der Waals surface area contributed by atoms with E-state index in [-0.39, 0.29) is 0 Å². The molecule has 0 radical (unpaired) electrons. The van der Waals surface area contributed by atoms with Gasteiger partial charge in [0.15, 0.2) is 0 Å². The molecule has 0 atom stereocenters. The molecule has 0 spiro atoms. The molecule has 25 heavy (non-hydrogen) atoms. The molecule has 0 fully saturated rings. The van der Waals surface area contributed by atoms with Crippen LogP contribution in [0.4, 0.5) is 11.4 Å². The van der Waals surface area contributed by atoms with E-state index in [0.717, 1.165) is 11.4 Å². The summed E-state index contributed by atoms with van der Waals surface area (Å²) < 4.78 is 0. The van der Waals surface area contributed by atoms with Crippen LogP contribution in [0.3, 0.4) is 0 Å². The summed E-state index contributed by atoms with van der Waals surface area (Å²) in [5, 5.41) is 3.58. The number of anilines is 2. The summed E-state index contributed by atoms with van der Waals surface area (Å²) in [6.45, 7) is 0. The Balaban J connectivity index is 1.68. The highest BCUT2D eigenvalue weighted by molar-refractivity contribution is 5.82. The average Bonchev–Trinajstić information content (AvgIpc) is 2.70. The molecular formula is C24H19N. The number of hydrogen-bond donors (Lipinski definition) is 1. The molecule has 0 aliphatic heterocycles. The lowest BCUT2D eigenvalue weighted by Crippen LogP contribution is -1.93. The van der Waals surface area contributed by atoms with Gasteiger partial charge in [-0.3, -0.25) is 0 Å². The van der Waals surface area contributed by atoms with E-state index in [4.69, 9.17) is 0 Å². The minimum absolute atomic E-state index is 1.09. The average molecular weight is 321 g/mol. The third-order valence-corrected chi connectivity index (χ3v) is 4.26. The van der Waals surface area contributed by atoms with Crippen LogP contribution < -0.4 is 5.32 Å². The van der Waals surface area contributed by atoms with Gasteiger partial charge in [0.2, 0.25) is 0 Å². The van der Waals surface area contributed by atoms with Gasteiger partial charge in [0.1, 0.15) is 0 Å². The minimum atomic E-state index is 1.09. The summed E-state index contributed by atoms with van der Waals surface area (Å²) in [4.78, 5) is 0. The molecule has 120 valence electrons. The summed E-state index contributed by atoms with van der Waals surface area (Å²) in [7, 11) is 0. The van der Waals surface area contributed by atoms with Gasteiger partial charge in [-0.15, -0.1) is 0 Å². The highest BCUT2D eigenvalue weighted by Gasteiger charge is 2.05. The predicted molar refractivity (Wildman–Crippen MR) is 107 cm³/mol. The van der Waals surface area contributed by atoms with Crippen LogP contribution in [0.25, 0.3) is 22.3 Å². The van der Waals surface area contributed by atoms with Gasteiger partial charge in [-0.1, -0.05) is 91.0 Å². The van der Waals surface area contributed by atoms with Crippen LogP contribution in [-0.4, -0.2) is 0 Å². The van der Waals surface area contributed by atoms with Crippen molar-refractivity contribution in [1.29, 1.82) is 0 Å². The van der Waals surface area contributed by atoms with Gasteiger partial charge in [0, 0.05) is 16.9 Å². The molecule has 1 N–H and O–H groups in total. The first-order chi connectivity index (χ1) is 12.4. The van der Waals surface area contributed by atoms with Crippen molar-refractivity contribution in [3.05, 3.63) is 109 Å². The molecule has 0 bridgehead atoms. The van der Waals surface area contributed by atoms with Crippen LogP contribution in [-0.2, 0) is 0 Å².